The number of nitrogens with zero attached hydrogens (tertiary/aromatic N) is 3. The van der Waals surface area contributed by atoms with Crippen LogP contribution in [0.5, 0.6) is 0 Å². The second-order valence-electron chi connectivity index (χ2n) is 4.86. The van der Waals surface area contributed by atoms with Gasteiger partial charge in [-0.2, -0.15) is 0 Å². The second kappa shape index (κ2) is 4.10. The van der Waals surface area contributed by atoms with Crippen LogP contribution in [0, 0.1) is 6.92 Å². The third-order valence-corrected chi connectivity index (χ3v) is 3.72. The van der Waals surface area contributed by atoms with E-state index in [1.807, 2.05) is 0 Å². The highest BCUT2D eigenvalue weighted by Gasteiger charge is 2.38. The fourth-order valence-electron chi connectivity index (χ4n) is 2.93. The summed E-state index contributed by atoms with van der Waals surface area (Å²) < 4.78 is 0. The van der Waals surface area contributed by atoms with Gasteiger partial charge in [-0.1, -0.05) is 0 Å². The molecule has 6 nitrogen and oxygen atoms in total. The molecule has 0 aromatic carbocycles. The maximum Gasteiger partial charge on any atom is 0.291 e. The summed E-state index contributed by atoms with van der Waals surface area (Å²) in [5.74, 6) is 0.760. The van der Waals surface area contributed by atoms with E-state index in [0.29, 0.717) is 11.9 Å². The Bertz CT molecular complexity index is 429. The van der Waals surface area contributed by atoms with Crippen molar-refractivity contribution in [2.45, 2.75) is 38.3 Å². The molecular weight excluding hydrogens is 218 g/mol. The number of carbonyl (C=O) groups is 1. The third-order valence-electron chi connectivity index (χ3n) is 3.72. The van der Waals surface area contributed by atoms with Crippen LogP contribution < -0.4 is 5.32 Å². The Morgan fingerprint density at radius 1 is 1.47 bits per heavy atom. The Morgan fingerprint density at radius 3 is 3.12 bits per heavy atom. The van der Waals surface area contributed by atoms with Crippen LogP contribution in [-0.4, -0.2) is 51.2 Å². The molecule has 17 heavy (non-hydrogen) atoms. The van der Waals surface area contributed by atoms with Crippen molar-refractivity contribution in [3.8, 4) is 0 Å². The molecule has 92 valence electrons. The zero-order chi connectivity index (χ0) is 11.8. The molecule has 0 radical (unpaired) electrons. The summed E-state index contributed by atoms with van der Waals surface area (Å²) in [6.07, 6.45) is 3.48. The van der Waals surface area contributed by atoms with Crippen molar-refractivity contribution >= 4 is 5.91 Å². The Morgan fingerprint density at radius 2 is 2.35 bits per heavy atom. The van der Waals surface area contributed by atoms with Gasteiger partial charge in [0, 0.05) is 18.6 Å². The molecule has 3 rings (SSSR count). The largest absolute Gasteiger partial charge is 0.345 e. The SMILES string of the molecule is Cc1nc(C(=O)NC2CCN3CCCC23)n[nH]1. The Balaban J connectivity index is 1.65. The molecule has 1 aromatic rings. The van der Waals surface area contributed by atoms with Crippen LogP contribution in [-0.2, 0) is 0 Å². The average Bonchev–Trinajstić information content (AvgIpc) is 2.96. The first-order chi connectivity index (χ1) is 8.24. The van der Waals surface area contributed by atoms with Gasteiger partial charge in [0.2, 0.25) is 5.82 Å². The topological polar surface area (TPSA) is 73.9 Å². The number of aromatic nitrogens is 3. The maximum atomic E-state index is 11.9. The lowest BCUT2D eigenvalue weighted by Gasteiger charge is -2.20. The first-order valence-corrected chi connectivity index (χ1v) is 6.18. The molecule has 6 heteroatoms. The number of hydrogen-bond acceptors (Lipinski definition) is 4. The number of nitrogens with one attached hydrogen (secondary N) is 2. The standard InChI is InChI=1S/C11H17N5O/c1-7-12-10(15-14-7)11(17)13-8-4-6-16-5-2-3-9(8)16/h8-9H,2-6H2,1H3,(H,13,17)(H,12,14,15). The fraction of sp³-hybridized carbons (Fsp3) is 0.727. The highest BCUT2D eigenvalue weighted by molar-refractivity contribution is 5.90. The molecule has 1 aromatic heterocycles. The van der Waals surface area contributed by atoms with Crippen LogP contribution >= 0.6 is 0 Å². The number of hydrogen-bond donors (Lipinski definition) is 2. The summed E-state index contributed by atoms with van der Waals surface area (Å²) in [4.78, 5) is 18.4. The molecule has 0 bridgehead atoms. The van der Waals surface area contributed by atoms with Crippen molar-refractivity contribution in [2.75, 3.05) is 13.1 Å². The predicted octanol–water partition coefficient (Wildman–Crippen LogP) is 0.0796. The summed E-state index contributed by atoms with van der Waals surface area (Å²) in [7, 11) is 0. The van der Waals surface area contributed by atoms with Crippen molar-refractivity contribution in [3.63, 3.8) is 0 Å². The fourth-order valence-corrected chi connectivity index (χ4v) is 2.93. The van der Waals surface area contributed by atoms with Crippen molar-refractivity contribution in [3.05, 3.63) is 11.6 Å². The van der Waals surface area contributed by atoms with Crippen LogP contribution in [0.15, 0.2) is 0 Å². The maximum absolute atomic E-state index is 11.9. The quantitative estimate of drug-likeness (QED) is 0.761. The molecule has 2 atom stereocenters. The average molecular weight is 235 g/mol. The molecule has 2 aliphatic heterocycles. The van der Waals surface area contributed by atoms with E-state index in [2.05, 4.69) is 25.4 Å². The van der Waals surface area contributed by atoms with Gasteiger partial charge in [0.15, 0.2) is 0 Å². The van der Waals surface area contributed by atoms with Crippen LogP contribution in [0.1, 0.15) is 35.7 Å². The van der Waals surface area contributed by atoms with Gasteiger partial charge in [0.25, 0.3) is 5.91 Å². The molecule has 2 unspecified atom stereocenters. The predicted molar refractivity (Wildman–Crippen MR) is 61.6 cm³/mol. The van der Waals surface area contributed by atoms with Gasteiger partial charge in [-0.05, 0) is 32.7 Å². The van der Waals surface area contributed by atoms with Gasteiger partial charge in [0.05, 0.1) is 0 Å². The number of aromatic amines is 1. The third kappa shape index (κ3) is 1.93. The van der Waals surface area contributed by atoms with E-state index in [-0.39, 0.29) is 17.8 Å². The molecule has 2 saturated heterocycles. The first-order valence-electron chi connectivity index (χ1n) is 6.18. The van der Waals surface area contributed by atoms with Crippen molar-refractivity contribution in [1.29, 1.82) is 0 Å². The Labute approximate surface area is 99.8 Å². The summed E-state index contributed by atoms with van der Waals surface area (Å²) >= 11 is 0. The lowest BCUT2D eigenvalue weighted by molar-refractivity contribution is 0.0919. The van der Waals surface area contributed by atoms with E-state index in [1.54, 1.807) is 6.92 Å². The molecule has 0 spiro atoms. The van der Waals surface area contributed by atoms with Gasteiger partial charge in [-0.25, -0.2) is 4.98 Å². The van der Waals surface area contributed by atoms with Crippen molar-refractivity contribution < 1.29 is 4.79 Å². The summed E-state index contributed by atoms with van der Waals surface area (Å²) in [5, 5.41) is 9.62. The van der Waals surface area contributed by atoms with Gasteiger partial charge in [-0.15, -0.1) is 5.10 Å². The number of fused-ring (bicyclic) bond motifs is 1. The zero-order valence-electron chi connectivity index (χ0n) is 9.94. The highest BCUT2D eigenvalue weighted by atomic mass is 16.2. The lowest BCUT2D eigenvalue weighted by Crippen LogP contribution is -2.42. The van der Waals surface area contributed by atoms with Crippen molar-refractivity contribution in [2.24, 2.45) is 0 Å². The highest BCUT2D eigenvalue weighted by Crippen LogP contribution is 2.27. The summed E-state index contributed by atoms with van der Waals surface area (Å²) in [5.41, 5.74) is 0. The molecule has 2 aliphatic rings. The zero-order valence-corrected chi connectivity index (χ0v) is 9.94. The number of rotatable bonds is 2. The van der Waals surface area contributed by atoms with Crippen LogP contribution in [0.25, 0.3) is 0 Å². The Hall–Kier alpha value is -1.43. The molecule has 2 N–H and O–H groups in total. The second-order valence-corrected chi connectivity index (χ2v) is 4.86. The van der Waals surface area contributed by atoms with E-state index >= 15 is 0 Å². The van der Waals surface area contributed by atoms with E-state index in [4.69, 9.17) is 0 Å². The number of amides is 1. The van der Waals surface area contributed by atoms with Gasteiger partial charge in [0.1, 0.15) is 5.82 Å². The van der Waals surface area contributed by atoms with E-state index < -0.39 is 0 Å². The normalized spacial score (nSPS) is 28.3. The molecule has 1 amide bonds. The minimum Gasteiger partial charge on any atom is -0.345 e. The molecule has 3 heterocycles. The lowest BCUT2D eigenvalue weighted by atomic mass is 10.1. The number of carbonyl (C=O) groups excluding carboxylic acids is 1. The molecule has 2 fully saturated rings. The van der Waals surface area contributed by atoms with Crippen LogP contribution in [0.4, 0.5) is 0 Å². The number of H-pyrrole nitrogens is 1. The summed E-state index contributed by atoms with van der Waals surface area (Å²) in [6.45, 7) is 4.07. The number of aryl methyl sites for hydroxylation is 1. The first kappa shape index (κ1) is 10.7. The monoisotopic (exact) mass is 235 g/mol. The van der Waals surface area contributed by atoms with Gasteiger partial charge < -0.3 is 5.32 Å². The van der Waals surface area contributed by atoms with Crippen molar-refractivity contribution in [1.82, 2.24) is 25.4 Å². The molecular formula is C11H17N5O. The van der Waals surface area contributed by atoms with Crippen LogP contribution in [0.2, 0.25) is 0 Å². The van der Waals surface area contributed by atoms with Gasteiger partial charge >= 0.3 is 0 Å². The minimum atomic E-state index is -0.159. The summed E-state index contributed by atoms with van der Waals surface area (Å²) in [6, 6.07) is 0.794. The van der Waals surface area contributed by atoms with E-state index in [0.717, 1.165) is 13.0 Å². The Kier molecular flexibility index (Phi) is 2.58. The van der Waals surface area contributed by atoms with Crippen LogP contribution in [0.3, 0.4) is 0 Å². The molecule has 0 saturated carbocycles. The minimum absolute atomic E-state index is 0.159. The smallest absolute Gasteiger partial charge is 0.291 e. The molecule has 0 aliphatic carbocycles. The van der Waals surface area contributed by atoms with E-state index in [1.165, 1.54) is 19.4 Å². The van der Waals surface area contributed by atoms with Gasteiger partial charge in [-0.3, -0.25) is 14.8 Å². The van der Waals surface area contributed by atoms with E-state index in [9.17, 15) is 4.79 Å².